The zero-order valence-corrected chi connectivity index (χ0v) is 36.6. The van der Waals surface area contributed by atoms with Crippen LogP contribution >= 0.6 is 23.2 Å². The molecule has 0 radical (unpaired) electrons. The molecule has 0 saturated heterocycles. The first-order valence-corrected chi connectivity index (χ1v) is 21.5. The predicted molar refractivity (Wildman–Crippen MR) is 243 cm³/mol. The van der Waals surface area contributed by atoms with Crippen LogP contribution in [0.4, 0.5) is 0 Å². The maximum Gasteiger partial charge on any atom is 0.127 e. The minimum Gasteiger partial charge on any atom is -0.494 e. The molecule has 0 bridgehead atoms. The van der Waals surface area contributed by atoms with Crippen molar-refractivity contribution in [2.75, 3.05) is 13.2 Å². The van der Waals surface area contributed by atoms with Crippen LogP contribution in [0.15, 0.2) is 146 Å². The van der Waals surface area contributed by atoms with E-state index in [1.165, 1.54) is 11.1 Å². The second-order valence-electron chi connectivity index (χ2n) is 15.4. The van der Waals surface area contributed by atoms with Crippen molar-refractivity contribution in [2.45, 2.75) is 90.3 Å². The van der Waals surface area contributed by atoms with E-state index in [0.29, 0.717) is 36.1 Å². The number of ether oxygens (including phenoxy) is 5. The van der Waals surface area contributed by atoms with Crippen molar-refractivity contribution in [3.05, 3.63) is 178 Å². The number of benzene rings is 6. The van der Waals surface area contributed by atoms with E-state index >= 15 is 0 Å². The molecule has 0 aromatic heterocycles. The van der Waals surface area contributed by atoms with Gasteiger partial charge in [-0.15, -0.1) is 0 Å². The molecular formula is C52H56Cl2O5. The zero-order valence-electron chi connectivity index (χ0n) is 35.1. The molecule has 0 aliphatic carbocycles. The summed E-state index contributed by atoms with van der Waals surface area (Å²) in [5, 5.41) is 1.41. The summed E-state index contributed by atoms with van der Waals surface area (Å²) in [6, 6.07) is 48.6. The Morgan fingerprint density at radius 2 is 0.797 bits per heavy atom. The highest BCUT2D eigenvalue weighted by atomic mass is 35.5. The zero-order chi connectivity index (χ0) is 41.8. The SMILES string of the molecule is CCOc1ccc(Oc2cccc(CC(OC(Cc3cccc(Oc4ccc(OCC)cc4)c3)C(C)(CC)c3ccc(Cl)cc3)C(C)(CC)c3ccc(Cl)cc3)c2)cc1. The number of hydrogen-bond acceptors (Lipinski definition) is 5. The van der Waals surface area contributed by atoms with Crippen molar-refractivity contribution in [1.29, 1.82) is 0 Å². The summed E-state index contributed by atoms with van der Waals surface area (Å²) in [6.45, 7) is 14.3. The van der Waals surface area contributed by atoms with Gasteiger partial charge in [0.15, 0.2) is 0 Å². The second kappa shape index (κ2) is 20.4. The van der Waals surface area contributed by atoms with E-state index in [9.17, 15) is 0 Å². The summed E-state index contributed by atoms with van der Waals surface area (Å²) >= 11 is 12.9. The number of hydrogen-bond donors (Lipinski definition) is 0. The lowest BCUT2D eigenvalue weighted by Crippen LogP contribution is -2.48. The summed E-state index contributed by atoms with van der Waals surface area (Å²) in [7, 11) is 0. The van der Waals surface area contributed by atoms with Crippen LogP contribution in [0.1, 0.15) is 76.6 Å². The third-order valence-electron chi connectivity index (χ3n) is 11.6. The summed E-state index contributed by atoms with van der Waals surface area (Å²) in [6.07, 6.45) is 2.46. The fourth-order valence-corrected chi connectivity index (χ4v) is 7.91. The van der Waals surface area contributed by atoms with Gasteiger partial charge in [-0.2, -0.15) is 0 Å². The fraction of sp³-hybridized carbons (Fsp3) is 0.308. The summed E-state index contributed by atoms with van der Waals surface area (Å²) in [5.74, 6) is 4.63. The molecule has 0 saturated carbocycles. The van der Waals surface area contributed by atoms with Crippen LogP contribution in [0.3, 0.4) is 0 Å². The van der Waals surface area contributed by atoms with E-state index in [-0.39, 0.29) is 23.0 Å². The van der Waals surface area contributed by atoms with E-state index in [1.807, 2.05) is 98.8 Å². The van der Waals surface area contributed by atoms with Crippen LogP contribution in [0, 0.1) is 0 Å². The highest BCUT2D eigenvalue weighted by molar-refractivity contribution is 6.30. The molecule has 0 amide bonds. The number of rotatable bonds is 20. The van der Waals surface area contributed by atoms with Gasteiger partial charge in [-0.25, -0.2) is 0 Å². The standard InChI is InChI=1S/C52H56Cl2O5/c1-7-51(5,39-17-21-41(53)22-18-39)49(35-37-13-11-15-47(33-37)57-45-29-25-43(26-30-45)55-9-3)59-50(52(6,8-2)40-19-23-42(54)24-20-40)36-38-14-12-16-48(34-38)58-46-31-27-44(28-32-46)56-10-4/h11-34,49-50H,7-10,35-36H2,1-6H3. The topological polar surface area (TPSA) is 46.2 Å². The van der Waals surface area contributed by atoms with Gasteiger partial charge in [-0.1, -0.05) is 99.4 Å². The van der Waals surface area contributed by atoms with Crippen LogP contribution in [0.5, 0.6) is 34.5 Å². The van der Waals surface area contributed by atoms with E-state index in [2.05, 4.69) is 88.4 Å². The Balaban J connectivity index is 1.38. The summed E-state index contributed by atoms with van der Waals surface area (Å²) < 4.78 is 31.8. The van der Waals surface area contributed by atoms with Crippen LogP contribution in [-0.4, -0.2) is 25.4 Å². The predicted octanol–water partition coefficient (Wildman–Crippen LogP) is 14.7. The van der Waals surface area contributed by atoms with Gasteiger partial charge < -0.3 is 23.7 Å². The fourth-order valence-electron chi connectivity index (χ4n) is 7.66. The quantitative estimate of drug-likeness (QED) is 0.0767. The van der Waals surface area contributed by atoms with Crippen molar-refractivity contribution in [1.82, 2.24) is 0 Å². The molecular weight excluding hydrogens is 775 g/mol. The average molecular weight is 832 g/mol. The monoisotopic (exact) mass is 830 g/mol. The van der Waals surface area contributed by atoms with Crippen LogP contribution in [0.25, 0.3) is 0 Å². The van der Waals surface area contributed by atoms with Gasteiger partial charge in [-0.05, 0) is 159 Å². The molecule has 0 aliphatic rings. The van der Waals surface area contributed by atoms with Crippen molar-refractivity contribution in [2.24, 2.45) is 0 Å². The van der Waals surface area contributed by atoms with Crippen LogP contribution < -0.4 is 18.9 Å². The maximum absolute atomic E-state index is 7.75. The lowest BCUT2D eigenvalue weighted by atomic mass is 9.71. The third kappa shape index (κ3) is 11.2. The average Bonchev–Trinajstić information content (AvgIpc) is 3.25. The molecule has 7 heteroatoms. The van der Waals surface area contributed by atoms with Gasteiger partial charge in [-0.3, -0.25) is 0 Å². The molecule has 6 aromatic carbocycles. The summed E-state index contributed by atoms with van der Waals surface area (Å²) in [5.41, 5.74) is 3.79. The lowest BCUT2D eigenvalue weighted by molar-refractivity contribution is -0.0840. The first kappa shape index (κ1) is 43.6. The Hall–Kier alpha value is -4.94. The first-order valence-electron chi connectivity index (χ1n) is 20.7. The lowest BCUT2D eigenvalue weighted by Gasteiger charge is -2.45. The molecule has 0 heterocycles. The second-order valence-corrected chi connectivity index (χ2v) is 16.3. The maximum atomic E-state index is 7.75. The molecule has 4 atom stereocenters. The normalized spacial score (nSPS) is 14.4. The molecule has 4 unspecified atom stereocenters. The van der Waals surface area contributed by atoms with E-state index < -0.39 is 0 Å². The minimum absolute atomic E-state index is 0.249. The highest BCUT2D eigenvalue weighted by Gasteiger charge is 2.42. The molecule has 5 nitrogen and oxygen atoms in total. The van der Waals surface area contributed by atoms with Gasteiger partial charge in [0.2, 0.25) is 0 Å². The molecule has 0 N–H and O–H groups in total. The van der Waals surface area contributed by atoms with E-state index in [1.54, 1.807) is 0 Å². The Morgan fingerprint density at radius 1 is 0.441 bits per heavy atom. The number of halogens is 2. The highest BCUT2D eigenvalue weighted by Crippen LogP contribution is 2.42. The van der Waals surface area contributed by atoms with Gasteiger partial charge in [0.1, 0.15) is 34.5 Å². The molecule has 0 fully saturated rings. The molecule has 6 aromatic rings. The van der Waals surface area contributed by atoms with Crippen molar-refractivity contribution < 1.29 is 23.7 Å². The first-order chi connectivity index (χ1) is 28.5. The Morgan fingerprint density at radius 3 is 1.14 bits per heavy atom. The third-order valence-corrected chi connectivity index (χ3v) is 12.1. The Bertz CT molecular complexity index is 2050. The van der Waals surface area contributed by atoms with Crippen molar-refractivity contribution in [3.8, 4) is 34.5 Å². The van der Waals surface area contributed by atoms with Gasteiger partial charge in [0, 0.05) is 20.9 Å². The smallest absolute Gasteiger partial charge is 0.127 e. The van der Waals surface area contributed by atoms with E-state index in [4.69, 9.17) is 46.9 Å². The van der Waals surface area contributed by atoms with Crippen LogP contribution in [0.2, 0.25) is 10.0 Å². The van der Waals surface area contributed by atoms with Gasteiger partial charge in [0.05, 0.1) is 25.4 Å². The molecule has 6 rings (SSSR count). The Kier molecular flexibility index (Phi) is 15.1. The van der Waals surface area contributed by atoms with Crippen LogP contribution in [-0.2, 0) is 28.4 Å². The summed E-state index contributed by atoms with van der Waals surface area (Å²) in [4.78, 5) is 0. The van der Waals surface area contributed by atoms with Gasteiger partial charge >= 0.3 is 0 Å². The molecule has 308 valence electrons. The van der Waals surface area contributed by atoms with Gasteiger partial charge in [0.25, 0.3) is 0 Å². The van der Waals surface area contributed by atoms with E-state index in [0.717, 1.165) is 58.5 Å². The van der Waals surface area contributed by atoms with Crippen molar-refractivity contribution >= 4 is 23.2 Å². The largest absolute Gasteiger partial charge is 0.494 e. The van der Waals surface area contributed by atoms with Crippen molar-refractivity contribution in [3.63, 3.8) is 0 Å². The Labute approximate surface area is 361 Å². The molecule has 59 heavy (non-hydrogen) atoms. The minimum atomic E-state index is -0.387. The molecule has 0 aliphatic heterocycles. The molecule has 0 spiro atoms.